The van der Waals surface area contributed by atoms with Crippen molar-refractivity contribution in [1.29, 1.82) is 0 Å². The largest absolute Gasteiger partial charge is 0.380 e. The maximum atomic E-state index is 5.40. The van der Waals surface area contributed by atoms with Crippen LogP contribution in [0.3, 0.4) is 0 Å². The van der Waals surface area contributed by atoms with Gasteiger partial charge in [-0.15, -0.1) is 0 Å². The molecular formula is C11H23NO. The van der Waals surface area contributed by atoms with Gasteiger partial charge in [0.2, 0.25) is 0 Å². The molecule has 0 unspecified atom stereocenters. The molecule has 0 saturated carbocycles. The van der Waals surface area contributed by atoms with Crippen LogP contribution in [0, 0.1) is 0 Å². The summed E-state index contributed by atoms with van der Waals surface area (Å²) in [5.74, 6) is 0. The van der Waals surface area contributed by atoms with Crippen LogP contribution in [0.15, 0.2) is 11.6 Å². The van der Waals surface area contributed by atoms with Crippen LogP contribution in [0.4, 0.5) is 0 Å². The smallest absolute Gasteiger partial charge is 0.0591 e. The number of unbranched alkanes of at least 4 members (excludes halogenated alkanes) is 1. The Labute approximate surface area is 82.4 Å². The van der Waals surface area contributed by atoms with Crippen LogP contribution in [0.5, 0.6) is 0 Å². The average molecular weight is 185 g/mol. The lowest BCUT2D eigenvalue weighted by Gasteiger charge is -2.03. The molecule has 2 nitrogen and oxygen atoms in total. The molecule has 0 aliphatic heterocycles. The Morgan fingerprint density at radius 2 is 2.08 bits per heavy atom. The summed E-state index contributed by atoms with van der Waals surface area (Å²) in [7, 11) is 0. The SMILES string of the molecule is CCCCOCCNCC=C(C)C. The molecule has 0 rings (SSSR count). The van der Waals surface area contributed by atoms with Crippen molar-refractivity contribution < 1.29 is 4.74 Å². The van der Waals surface area contributed by atoms with Crippen molar-refractivity contribution in [3.05, 3.63) is 11.6 Å². The highest BCUT2D eigenvalue weighted by atomic mass is 16.5. The van der Waals surface area contributed by atoms with Crippen molar-refractivity contribution >= 4 is 0 Å². The van der Waals surface area contributed by atoms with Crippen LogP contribution in [-0.4, -0.2) is 26.3 Å². The van der Waals surface area contributed by atoms with Gasteiger partial charge in [0.1, 0.15) is 0 Å². The second kappa shape index (κ2) is 9.75. The van der Waals surface area contributed by atoms with Crippen molar-refractivity contribution in [2.75, 3.05) is 26.3 Å². The van der Waals surface area contributed by atoms with E-state index in [0.717, 1.165) is 26.3 Å². The van der Waals surface area contributed by atoms with Gasteiger partial charge < -0.3 is 10.1 Å². The van der Waals surface area contributed by atoms with Gasteiger partial charge in [-0.2, -0.15) is 0 Å². The second-order valence-electron chi connectivity index (χ2n) is 3.45. The van der Waals surface area contributed by atoms with E-state index in [-0.39, 0.29) is 0 Å². The molecule has 0 amide bonds. The van der Waals surface area contributed by atoms with E-state index < -0.39 is 0 Å². The molecule has 0 atom stereocenters. The zero-order chi connectivity index (χ0) is 9.94. The third-order valence-corrected chi connectivity index (χ3v) is 1.72. The lowest BCUT2D eigenvalue weighted by Crippen LogP contribution is -2.20. The first-order valence-corrected chi connectivity index (χ1v) is 5.19. The predicted octanol–water partition coefficient (Wildman–Crippen LogP) is 2.36. The van der Waals surface area contributed by atoms with Gasteiger partial charge in [0, 0.05) is 19.7 Å². The monoisotopic (exact) mass is 185 g/mol. The first-order valence-electron chi connectivity index (χ1n) is 5.19. The maximum Gasteiger partial charge on any atom is 0.0591 e. The van der Waals surface area contributed by atoms with E-state index in [1.165, 1.54) is 18.4 Å². The van der Waals surface area contributed by atoms with Crippen molar-refractivity contribution in [3.8, 4) is 0 Å². The number of rotatable bonds is 8. The number of hydrogen-bond donors (Lipinski definition) is 1. The fourth-order valence-corrected chi connectivity index (χ4v) is 0.871. The second-order valence-corrected chi connectivity index (χ2v) is 3.45. The standard InChI is InChI=1S/C11H23NO/c1-4-5-9-13-10-8-12-7-6-11(2)3/h6,12H,4-5,7-10H2,1-3H3. The summed E-state index contributed by atoms with van der Waals surface area (Å²) in [5, 5.41) is 3.29. The molecule has 0 aromatic rings. The molecule has 0 fully saturated rings. The average Bonchev–Trinajstić information content (AvgIpc) is 2.09. The lowest BCUT2D eigenvalue weighted by molar-refractivity contribution is 0.133. The first kappa shape index (κ1) is 12.7. The van der Waals surface area contributed by atoms with Crippen molar-refractivity contribution in [1.82, 2.24) is 5.32 Å². The maximum absolute atomic E-state index is 5.40. The highest BCUT2D eigenvalue weighted by Gasteiger charge is 1.86. The summed E-state index contributed by atoms with van der Waals surface area (Å²) in [4.78, 5) is 0. The van der Waals surface area contributed by atoms with Crippen molar-refractivity contribution in [2.45, 2.75) is 33.6 Å². The number of hydrogen-bond acceptors (Lipinski definition) is 2. The Morgan fingerprint density at radius 1 is 1.31 bits per heavy atom. The molecule has 1 N–H and O–H groups in total. The van der Waals surface area contributed by atoms with E-state index >= 15 is 0 Å². The van der Waals surface area contributed by atoms with Crippen molar-refractivity contribution in [2.24, 2.45) is 0 Å². The fraction of sp³-hybridized carbons (Fsp3) is 0.818. The zero-order valence-corrected chi connectivity index (χ0v) is 9.23. The lowest BCUT2D eigenvalue weighted by atomic mass is 10.3. The number of nitrogens with one attached hydrogen (secondary N) is 1. The van der Waals surface area contributed by atoms with E-state index in [4.69, 9.17) is 4.74 Å². The molecule has 0 aromatic carbocycles. The van der Waals surface area contributed by atoms with E-state index in [1.54, 1.807) is 0 Å². The molecule has 0 aromatic heterocycles. The molecule has 0 radical (unpaired) electrons. The van der Waals surface area contributed by atoms with E-state index in [2.05, 4.69) is 32.2 Å². The normalized spacial score (nSPS) is 10.1. The number of ether oxygens (including phenoxy) is 1. The zero-order valence-electron chi connectivity index (χ0n) is 9.23. The van der Waals surface area contributed by atoms with Crippen LogP contribution in [-0.2, 0) is 4.74 Å². The highest BCUT2D eigenvalue weighted by Crippen LogP contribution is 1.87. The molecule has 0 bridgehead atoms. The Bertz CT molecular complexity index is 128. The van der Waals surface area contributed by atoms with E-state index in [9.17, 15) is 0 Å². The van der Waals surface area contributed by atoms with Crippen LogP contribution in [0.25, 0.3) is 0 Å². The quantitative estimate of drug-likeness (QED) is 0.463. The van der Waals surface area contributed by atoms with Gasteiger partial charge >= 0.3 is 0 Å². The molecular weight excluding hydrogens is 162 g/mol. The van der Waals surface area contributed by atoms with E-state index in [0.29, 0.717) is 0 Å². The Morgan fingerprint density at radius 3 is 2.69 bits per heavy atom. The third kappa shape index (κ3) is 11.7. The number of allylic oxidation sites excluding steroid dienone is 1. The van der Waals surface area contributed by atoms with Gasteiger partial charge in [-0.1, -0.05) is 25.0 Å². The highest BCUT2D eigenvalue weighted by molar-refractivity contribution is 4.94. The molecule has 0 heterocycles. The van der Waals surface area contributed by atoms with Crippen LogP contribution >= 0.6 is 0 Å². The molecule has 0 aliphatic carbocycles. The summed E-state index contributed by atoms with van der Waals surface area (Å²) in [5.41, 5.74) is 1.36. The summed E-state index contributed by atoms with van der Waals surface area (Å²) in [6.45, 7) is 10.0. The summed E-state index contributed by atoms with van der Waals surface area (Å²) < 4.78 is 5.40. The van der Waals surface area contributed by atoms with E-state index in [1.807, 2.05) is 0 Å². The van der Waals surface area contributed by atoms with Crippen LogP contribution in [0.1, 0.15) is 33.6 Å². The van der Waals surface area contributed by atoms with Crippen LogP contribution in [0.2, 0.25) is 0 Å². The summed E-state index contributed by atoms with van der Waals surface area (Å²) in [6, 6.07) is 0. The van der Waals surface area contributed by atoms with Gasteiger partial charge in [-0.25, -0.2) is 0 Å². The van der Waals surface area contributed by atoms with Crippen molar-refractivity contribution in [3.63, 3.8) is 0 Å². The van der Waals surface area contributed by atoms with Gasteiger partial charge in [-0.05, 0) is 20.3 Å². The third-order valence-electron chi connectivity index (χ3n) is 1.72. The minimum atomic E-state index is 0.830. The molecule has 0 spiro atoms. The predicted molar refractivity (Wildman–Crippen MR) is 58.0 cm³/mol. The molecule has 78 valence electrons. The Kier molecular flexibility index (Phi) is 9.49. The Balaban J connectivity index is 2.96. The van der Waals surface area contributed by atoms with Crippen LogP contribution < -0.4 is 5.32 Å². The van der Waals surface area contributed by atoms with Gasteiger partial charge in [0.05, 0.1) is 6.61 Å². The molecule has 2 heteroatoms. The summed E-state index contributed by atoms with van der Waals surface area (Å²) >= 11 is 0. The van der Waals surface area contributed by atoms with Gasteiger partial charge in [0.25, 0.3) is 0 Å². The molecule has 0 saturated heterocycles. The summed E-state index contributed by atoms with van der Waals surface area (Å²) in [6.07, 6.45) is 4.57. The minimum Gasteiger partial charge on any atom is -0.380 e. The minimum absolute atomic E-state index is 0.830. The fourth-order valence-electron chi connectivity index (χ4n) is 0.871. The van der Waals surface area contributed by atoms with Gasteiger partial charge in [0.15, 0.2) is 0 Å². The molecule has 0 aliphatic rings. The molecule has 13 heavy (non-hydrogen) atoms. The van der Waals surface area contributed by atoms with Gasteiger partial charge in [-0.3, -0.25) is 0 Å². The Hall–Kier alpha value is -0.340. The first-order chi connectivity index (χ1) is 6.27. The topological polar surface area (TPSA) is 21.3 Å².